The summed E-state index contributed by atoms with van der Waals surface area (Å²) in [5.74, 6) is -0.471. The Morgan fingerprint density at radius 2 is 2.28 bits per heavy atom. The number of fused-ring (bicyclic) bond motifs is 1. The van der Waals surface area contributed by atoms with Crippen molar-refractivity contribution < 1.29 is 4.39 Å². The topological polar surface area (TPSA) is 47.3 Å². The van der Waals surface area contributed by atoms with Crippen molar-refractivity contribution in [1.29, 1.82) is 0 Å². The Kier molecular flexibility index (Phi) is 2.61. The molecule has 2 aromatic heterocycles. The first-order valence-electron chi connectivity index (χ1n) is 4.95. The molecule has 0 atom stereocenters. The van der Waals surface area contributed by atoms with Gasteiger partial charge >= 0.3 is 0 Å². The second-order valence-electron chi connectivity index (χ2n) is 3.51. The summed E-state index contributed by atoms with van der Waals surface area (Å²) < 4.78 is 15.1. The maximum atomic E-state index is 13.6. The Bertz CT molecular complexity index is 821. The summed E-state index contributed by atoms with van der Waals surface area (Å²) in [6.45, 7) is 0. The van der Waals surface area contributed by atoms with E-state index in [0.717, 1.165) is 11.3 Å². The van der Waals surface area contributed by atoms with Crippen LogP contribution in [0.2, 0.25) is 5.02 Å². The minimum absolute atomic E-state index is 0.195. The Balaban J connectivity index is 2.31. The number of benzene rings is 1. The first kappa shape index (κ1) is 11.3. The van der Waals surface area contributed by atoms with Gasteiger partial charge < -0.3 is 0 Å². The fourth-order valence-electron chi connectivity index (χ4n) is 1.56. The van der Waals surface area contributed by atoms with E-state index in [9.17, 15) is 9.18 Å². The van der Waals surface area contributed by atoms with Crippen LogP contribution in [0.4, 0.5) is 4.39 Å². The molecule has 3 aromatic rings. The van der Waals surface area contributed by atoms with Crippen molar-refractivity contribution in [1.82, 2.24) is 14.6 Å². The highest BCUT2D eigenvalue weighted by atomic mass is 35.5. The Hall–Kier alpha value is -1.79. The number of aromatic nitrogens is 3. The van der Waals surface area contributed by atoms with Crippen molar-refractivity contribution in [3.63, 3.8) is 0 Å². The predicted molar refractivity (Wildman–Crippen MR) is 67.3 cm³/mol. The van der Waals surface area contributed by atoms with Gasteiger partial charge in [0, 0.05) is 5.56 Å². The smallest absolute Gasteiger partial charge is 0.266 e. The van der Waals surface area contributed by atoms with Gasteiger partial charge in [-0.15, -0.1) is 0 Å². The molecule has 1 aromatic carbocycles. The molecule has 0 aliphatic rings. The van der Waals surface area contributed by atoms with E-state index in [4.69, 9.17) is 11.6 Å². The Morgan fingerprint density at radius 3 is 3.00 bits per heavy atom. The average molecular weight is 282 g/mol. The van der Waals surface area contributed by atoms with E-state index in [1.54, 1.807) is 6.07 Å². The van der Waals surface area contributed by atoms with E-state index in [2.05, 4.69) is 10.1 Å². The molecule has 0 aliphatic heterocycles. The summed E-state index contributed by atoms with van der Waals surface area (Å²) >= 11 is 7.04. The molecule has 0 unspecified atom stereocenters. The van der Waals surface area contributed by atoms with Gasteiger partial charge in [-0.1, -0.05) is 29.0 Å². The summed E-state index contributed by atoms with van der Waals surface area (Å²) in [4.78, 5) is 16.3. The molecule has 90 valence electrons. The van der Waals surface area contributed by atoms with Crippen LogP contribution in [0.5, 0.6) is 0 Å². The third-order valence-corrected chi connectivity index (χ3v) is 3.70. The van der Waals surface area contributed by atoms with Crippen molar-refractivity contribution in [2.45, 2.75) is 0 Å². The van der Waals surface area contributed by atoms with Crippen molar-refractivity contribution in [3.05, 3.63) is 55.8 Å². The molecule has 2 heterocycles. The van der Waals surface area contributed by atoms with E-state index >= 15 is 0 Å². The molecule has 7 heteroatoms. The maximum Gasteiger partial charge on any atom is 0.291 e. The Labute approximate surface area is 109 Å². The van der Waals surface area contributed by atoms with Crippen LogP contribution in [0.25, 0.3) is 11.0 Å². The molecule has 0 amide bonds. The lowest BCUT2D eigenvalue weighted by Gasteiger charge is -1.97. The van der Waals surface area contributed by atoms with Gasteiger partial charge in [-0.25, -0.2) is 9.37 Å². The second-order valence-corrected chi connectivity index (χ2v) is 4.92. The molecule has 18 heavy (non-hydrogen) atoms. The minimum Gasteiger partial charge on any atom is -0.266 e. The zero-order chi connectivity index (χ0) is 12.7. The van der Waals surface area contributed by atoms with Gasteiger partial charge in [-0.05, 0) is 18.2 Å². The third-order valence-electron chi connectivity index (χ3n) is 2.40. The predicted octanol–water partition coefficient (Wildman–Crippen LogP) is 1.49. The summed E-state index contributed by atoms with van der Waals surface area (Å²) in [5.41, 5.74) is -0.132. The van der Waals surface area contributed by atoms with E-state index in [1.807, 2.05) is 0 Å². The second kappa shape index (κ2) is 4.15. The number of nitrogens with zero attached hydrogens (tertiary/aromatic N) is 3. The number of rotatable bonds is 1. The lowest BCUT2D eigenvalue weighted by molar-refractivity contribution is 0.625. The molecule has 4 nitrogen and oxygen atoms in total. The van der Waals surface area contributed by atoms with Crippen LogP contribution < -0.4 is 10.1 Å². The van der Waals surface area contributed by atoms with Gasteiger partial charge in [0.05, 0.1) is 9.55 Å². The first-order chi connectivity index (χ1) is 8.66. The van der Waals surface area contributed by atoms with E-state index in [-0.39, 0.29) is 16.1 Å². The lowest BCUT2D eigenvalue weighted by atomic mass is 10.2. The molecule has 0 N–H and O–H groups in total. The quantitative estimate of drug-likeness (QED) is 0.679. The summed E-state index contributed by atoms with van der Waals surface area (Å²) in [6, 6.07) is 4.37. The van der Waals surface area contributed by atoms with Crippen molar-refractivity contribution in [2.24, 2.45) is 0 Å². The average Bonchev–Trinajstić information content (AvgIpc) is 2.89. The third kappa shape index (κ3) is 1.70. The van der Waals surface area contributed by atoms with Crippen molar-refractivity contribution in [3.8, 4) is 0 Å². The van der Waals surface area contributed by atoms with Crippen LogP contribution in [0.3, 0.4) is 0 Å². The molecular weight excluding hydrogens is 277 g/mol. The molecular formula is C11H5ClFN3OS. The van der Waals surface area contributed by atoms with Gasteiger partial charge in [0.15, 0.2) is 0 Å². The van der Waals surface area contributed by atoms with Crippen LogP contribution in [0.1, 0.15) is 5.56 Å². The number of thiazole rings is 1. The Morgan fingerprint density at radius 1 is 1.44 bits per heavy atom. The summed E-state index contributed by atoms with van der Waals surface area (Å²) in [6.07, 6.45) is 2.72. The first-order valence-corrected chi connectivity index (χ1v) is 6.14. The van der Waals surface area contributed by atoms with Gasteiger partial charge in [0.1, 0.15) is 12.1 Å². The fraction of sp³-hybridized carbons (Fsp3) is 0. The van der Waals surface area contributed by atoms with Crippen LogP contribution in [0.15, 0.2) is 29.3 Å². The minimum atomic E-state index is -0.471. The molecule has 0 fully saturated rings. The van der Waals surface area contributed by atoms with Gasteiger partial charge in [0.2, 0.25) is 4.96 Å². The highest BCUT2D eigenvalue weighted by molar-refractivity contribution is 7.15. The van der Waals surface area contributed by atoms with E-state index in [1.165, 1.54) is 29.1 Å². The van der Waals surface area contributed by atoms with Crippen molar-refractivity contribution in [2.75, 3.05) is 0 Å². The highest BCUT2D eigenvalue weighted by Gasteiger charge is 2.08. The van der Waals surface area contributed by atoms with Gasteiger partial charge in [-0.3, -0.25) is 4.79 Å². The molecule has 0 radical (unpaired) electrons. The zero-order valence-corrected chi connectivity index (χ0v) is 10.4. The zero-order valence-electron chi connectivity index (χ0n) is 8.80. The van der Waals surface area contributed by atoms with Crippen LogP contribution >= 0.6 is 22.9 Å². The normalized spacial score (nSPS) is 12.4. The van der Waals surface area contributed by atoms with Crippen LogP contribution in [-0.2, 0) is 0 Å². The molecule has 0 bridgehead atoms. The van der Waals surface area contributed by atoms with Gasteiger partial charge in [-0.2, -0.15) is 9.61 Å². The summed E-state index contributed by atoms with van der Waals surface area (Å²) in [7, 11) is 0. The monoisotopic (exact) mass is 281 g/mol. The van der Waals surface area contributed by atoms with Crippen LogP contribution in [-0.4, -0.2) is 14.6 Å². The SMILES string of the molecule is O=c1/c(=C/c2c(F)cccc2Cl)sc2ncnn12. The number of hydrogen-bond acceptors (Lipinski definition) is 4. The van der Waals surface area contributed by atoms with Crippen molar-refractivity contribution >= 4 is 34.0 Å². The van der Waals surface area contributed by atoms with E-state index < -0.39 is 5.82 Å². The maximum absolute atomic E-state index is 13.6. The van der Waals surface area contributed by atoms with Gasteiger partial charge in [0.25, 0.3) is 5.56 Å². The molecule has 0 saturated carbocycles. The number of halogens is 2. The molecule has 0 saturated heterocycles. The molecule has 0 aliphatic carbocycles. The molecule has 0 spiro atoms. The fourth-order valence-corrected chi connectivity index (χ4v) is 2.64. The lowest BCUT2D eigenvalue weighted by Crippen LogP contribution is -2.23. The van der Waals surface area contributed by atoms with Crippen LogP contribution in [0, 0.1) is 5.82 Å². The largest absolute Gasteiger partial charge is 0.291 e. The standard InChI is InChI=1S/C11H5ClFN3OS/c12-7-2-1-3-8(13)6(7)4-9-10(17)16-11(18-9)14-5-15-16/h1-5H/b9-4-. The van der Waals surface area contributed by atoms with E-state index in [0.29, 0.717) is 9.49 Å². The number of hydrogen-bond donors (Lipinski definition) is 0. The highest BCUT2D eigenvalue weighted by Crippen LogP contribution is 2.19. The molecule has 3 rings (SSSR count). The summed E-state index contributed by atoms with van der Waals surface area (Å²) in [5, 5.41) is 4.04.